The smallest absolute Gasteiger partial charge is 0.0560 e. The van der Waals surface area contributed by atoms with E-state index in [9.17, 15) is 0 Å². The molecule has 20 heavy (non-hydrogen) atoms. The number of benzene rings is 2. The minimum absolute atomic E-state index is 0.718. The highest BCUT2D eigenvalue weighted by Gasteiger charge is 2.01. The van der Waals surface area contributed by atoms with Gasteiger partial charge in [0.25, 0.3) is 0 Å². The Kier molecular flexibility index (Phi) is 7.48. The van der Waals surface area contributed by atoms with Gasteiger partial charge < -0.3 is 11.5 Å². The summed E-state index contributed by atoms with van der Waals surface area (Å²) >= 11 is 13.8. The number of hydrogen-bond donors (Lipinski definition) is 2. The van der Waals surface area contributed by atoms with Crippen LogP contribution in [0.2, 0.25) is 10.0 Å². The highest BCUT2D eigenvalue weighted by molar-refractivity contribution is 14.1. The molecule has 0 heterocycles. The molecule has 0 unspecified atom stereocenters. The Labute approximate surface area is 143 Å². The second-order valence-corrected chi connectivity index (χ2v) is 6.09. The summed E-state index contributed by atoms with van der Waals surface area (Å²) in [7, 11) is 0. The molecule has 5 heteroatoms. The van der Waals surface area contributed by atoms with Crippen molar-refractivity contribution >= 4 is 57.2 Å². The molecule has 2 aromatic carbocycles. The van der Waals surface area contributed by atoms with Crippen molar-refractivity contribution in [3.05, 3.63) is 55.6 Å². The molecule has 0 saturated carbocycles. The zero-order valence-electron chi connectivity index (χ0n) is 11.2. The zero-order valence-corrected chi connectivity index (χ0v) is 14.8. The molecule has 0 saturated heterocycles. The average molecular weight is 423 g/mol. The van der Waals surface area contributed by atoms with Gasteiger partial charge in [-0.25, -0.2) is 0 Å². The van der Waals surface area contributed by atoms with Crippen LogP contribution in [0.1, 0.15) is 18.9 Å². The molecule has 2 rings (SSSR count). The van der Waals surface area contributed by atoms with Gasteiger partial charge in [-0.3, -0.25) is 0 Å². The van der Waals surface area contributed by atoms with E-state index in [2.05, 4.69) is 29.5 Å². The standard InChI is InChI=1S/C9H12ClN.C6H5ClIN/c1-2-4-7-8(10)5-3-6-9(7)11;7-4-2-1-3-5(9)6(4)8/h3,5-6H,2,4,11H2,1H3;1-3H,9H2. The molecule has 0 aliphatic heterocycles. The molecule has 0 radical (unpaired) electrons. The fraction of sp³-hybridized carbons (Fsp3) is 0.200. The lowest BCUT2D eigenvalue weighted by molar-refractivity contribution is 0.924. The third-order valence-corrected chi connectivity index (χ3v) is 4.83. The van der Waals surface area contributed by atoms with Crippen LogP contribution in [-0.2, 0) is 6.42 Å². The molecule has 0 bridgehead atoms. The molecular weight excluding hydrogens is 406 g/mol. The molecule has 0 aromatic heterocycles. The maximum Gasteiger partial charge on any atom is 0.0560 e. The van der Waals surface area contributed by atoms with E-state index in [0.717, 1.165) is 43.4 Å². The van der Waals surface area contributed by atoms with Crippen LogP contribution < -0.4 is 11.5 Å². The first-order valence-corrected chi connectivity index (χ1v) is 8.03. The summed E-state index contributed by atoms with van der Waals surface area (Å²) in [6.45, 7) is 2.11. The molecule has 0 atom stereocenters. The summed E-state index contributed by atoms with van der Waals surface area (Å²) in [6.07, 6.45) is 2.04. The van der Waals surface area contributed by atoms with E-state index in [-0.39, 0.29) is 0 Å². The first kappa shape index (κ1) is 17.4. The highest BCUT2D eigenvalue weighted by atomic mass is 127. The maximum atomic E-state index is 5.93. The molecule has 2 nitrogen and oxygen atoms in total. The first-order chi connectivity index (χ1) is 9.47. The van der Waals surface area contributed by atoms with Gasteiger partial charge in [0.1, 0.15) is 0 Å². The van der Waals surface area contributed by atoms with Crippen molar-refractivity contribution in [3.63, 3.8) is 0 Å². The van der Waals surface area contributed by atoms with Crippen molar-refractivity contribution in [1.29, 1.82) is 0 Å². The fourth-order valence-electron chi connectivity index (χ4n) is 1.61. The van der Waals surface area contributed by atoms with E-state index in [4.69, 9.17) is 34.7 Å². The second-order valence-electron chi connectivity index (χ2n) is 4.20. The third-order valence-electron chi connectivity index (χ3n) is 2.64. The number of anilines is 2. The lowest BCUT2D eigenvalue weighted by Gasteiger charge is -2.04. The van der Waals surface area contributed by atoms with E-state index < -0.39 is 0 Å². The molecule has 0 aliphatic carbocycles. The van der Waals surface area contributed by atoms with Crippen LogP contribution >= 0.6 is 45.8 Å². The van der Waals surface area contributed by atoms with Crippen molar-refractivity contribution in [2.45, 2.75) is 19.8 Å². The Morgan fingerprint density at radius 2 is 1.50 bits per heavy atom. The van der Waals surface area contributed by atoms with Gasteiger partial charge in [-0.05, 0) is 58.8 Å². The van der Waals surface area contributed by atoms with Crippen molar-refractivity contribution in [3.8, 4) is 0 Å². The number of nitrogen functional groups attached to an aromatic ring is 2. The Morgan fingerprint density at radius 1 is 0.950 bits per heavy atom. The fourth-order valence-corrected chi connectivity index (χ4v) is 2.43. The summed E-state index contributed by atoms with van der Waals surface area (Å²) in [6, 6.07) is 11.1. The highest BCUT2D eigenvalue weighted by Crippen LogP contribution is 2.23. The summed E-state index contributed by atoms with van der Waals surface area (Å²) in [5.41, 5.74) is 13.9. The quantitative estimate of drug-likeness (QED) is 0.502. The van der Waals surface area contributed by atoms with Crippen molar-refractivity contribution in [2.75, 3.05) is 11.5 Å². The summed E-state index contributed by atoms with van der Waals surface area (Å²) in [5, 5.41) is 1.50. The Balaban J connectivity index is 0.000000204. The lowest BCUT2D eigenvalue weighted by Crippen LogP contribution is -1.94. The van der Waals surface area contributed by atoms with Gasteiger partial charge in [0.2, 0.25) is 0 Å². The second kappa shape index (κ2) is 8.60. The van der Waals surface area contributed by atoms with E-state index in [1.165, 1.54) is 0 Å². The number of nitrogens with two attached hydrogens (primary N) is 2. The molecule has 0 fully saturated rings. The van der Waals surface area contributed by atoms with Crippen LogP contribution in [-0.4, -0.2) is 0 Å². The number of rotatable bonds is 2. The van der Waals surface area contributed by atoms with Gasteiger partial charge in [-0.2, -0.15) is 0 Å². The van der Waals surface area contributed by atoms with Crippen molar-refractivity contribution < 1.29 is 0 Å². The Bertz CT molecular complexity index is 533. The normalized spacial score (nSPS) is 9.80. The van der Waals surface area contributed by atoms with Gasteiger partial charge in [-0.1, -0.05) is 48.7 Å². The first-order valence-electron chi connectivity index (χ1n) is 6.19. The van der Waals surface area contributed by atoms with E-state index in [0.29, 0.717) is 0 Å². The van der Waals surface area contributed by atoms with Crippen molar-refractivity contribution in [2.24, 2.45) is 0 Å². The van der Waals surface area contributed by atoms with Crippen LogP contribution in [0.5, 0.6) is 0 Å². The number of halogens is 3. The molecule has 0 amide bonds. The Hall–Kier alpha value is -0.650. The molecule has 4 N–H and O–H groups in total. The van der Waals surface area contributed by atoms with E-state index in [1.54, 1.807) is 0 Å². The summed E-state index contributed by atoms with van der Waals surface area (Å²) in [4.78, 5) is 0. The molecule has 0 aliphatic rings. The maximum absolute atomic E-state index is 5.93. The van der Waals surface area contributed by atoms with Crippen LogP contribution in [0.15, 0.2) is 36.4 Å². The number of hydrogen-bond acceptors (Lipinski definition) is 2. The minimum atomic E-state index is 0.718. The minimum Gasteiger partial charge on any atom is -0.398 e. The van der Waals surface area contributed by atoms with Crippen LogP contribution in [0.3, 0.4) is 0 Å². The topological polar surface area (TPSA) is 52.0 Å². The average Bonchev–Trinajstić information content (AvgIpc) is 2.41. The van der Waals surface area contributed by atoms with Crippen LogP contribution in [0.25, 0.3) is 0 Å². The molecule has 108 valence electrons. The predicted octanol–water partition coefficient (Wildman–Crippen LogP) is 5.40. The lowest BCUT2D eigenvalue weighted by atomic mass is 10.1. The van der Waals surface area contributed by atoms with Gasteiger partial charge in [0.05, 0.1) is 8.59 Å². The predicted molar refractivity (Wildman–Crippen MR) is 98.4 cm³/mol. The summed E-state index contributed by atoms with van der Waals surface area (Å²) < 4.78 is 0.928. The van der Waals surface area contributed by atoms with Gasteiger partial charge in [-0.15, -0.1) is 0 Å². The monoisotopic (exact) mass is 422 g/mol. The van der Waals surface area contributed by atoms with Crippen molar-refractivity contribution in [1.82, 2.24) is 0 Å². The van der Waals surface area contributed by atoms with Gasteiger partial charge >= 0.3 is 0 Å². The largest absolute Gasteiger partial charge is 0.398 e. The van der Waals surface area contributed by atoms with Gasteiger partial charge in [0.15, 0.2) is 0 Å². The van der Waals surface area contributed by atoms with Gasteiger partial charge in [0, 0.05) is 16.4 Å². The molecule has 0 spiro atoms. The third kappa shape index (κ3) is 5.04. The molecular formula is C15H17Cl2IN2. The van der Waals surface area contributed by atoms with Crippen LogP contribution in [0.4, 0.5) is 11.4 Å². The van der Waals surface area contributed by atoms with Crippen LogP contribution in [0, 0.1) is 3.57 Å². The zero-order chi connectivity index (χ0) is 15.1. The van der Waals surface area contributed by atoms with E-state index >= 15 is 0 Å². The summed E-state index contributed by atoms with van der Waals surface area (Å²) in [5.74, 6) is 0. The van der Waals surface area contributed by atoms with E-state index in [1.807, 2.05) is 36.4 Å². The Morgan fingerprint density at radius 3 is 1.95 bits per heavy atom. The SMILES string of the molecule is CCCc1c(N)cccc1Cl.Nc1cccc(Cl)c1I. The molecule has 2 aromatic rings.